The molecule has 4 aliphatic rings. The zero-order chi connectivity index (χ0) is 27.7. The fraction of sp³-hybridized carbons (Fsp3) is 0.519. The molecule has 6 rings (SSSR count). The number of carbonyl (C=O) groups excluding carboxylic acids is 3. The average Bonchev–Trinajstić information content (AvgIpc) is 3.31. The lowest BCUT2D eigenvalue weighted by molar-refractivity contribution is -0.146. The number of aromatic nitrogens is 2. The van der Waals surface area contributed by atoms with Gasteiger partial charge in [-0.25, -0.2) is 9.37 Å². The second kappa shape index (κ2) is 11.1. The minimum atomic E-state index is -0.748. The Morgan fingerprint density at radius 1 is 1.21 bits per heavy atom. The number of amides is 3. The van der Waals surface area contributed by atoms with Crippen molar-refractivity contribution in [1.82, 2.24) is 25.1 Å². The first-order valence-corrected chi connectivity index (χ1v) is 13.2. The van der Waals surface area contributed by atoms with Crippen molar-refractivity contribution in [2.45, 2.75) is 63.3 Å². The number of benzene rings is 1. The summed E-state index contributed by atoms with van der Waals surface area (Å²) in [6.45, 7) is 1.32. The molecule has 1 aromatic heterocycles. The fourth-order valence-corrected chi connectivity index (χ4v) is 5.78. The number of rotatable bonds is 6. The van der Waals surface area contributed by atoms with E-state index < -0.39 is 52.5 Å². The van der Waals surface area contributed by atoms with Crippen LogP contribution in [0.15, 0.2) is 29.1 Å². The number of likely N-dealkylation sites (N-methyl/N-ethyl adjacent to an activating group) is 1. The van der Waals surface area contributed by atoms with E-state index in [2.05, 4.69) is 15.6 Å². The number of fused-ring (bicyclic) bond motifs is 2. The number of nitrogens with zero attached hydrogens (tertiary/aromatic N) is 3. The highest BCUT2D eigenvalue weighted by Gasteiger charge is 2.41. The summed E-state index contributed by atoms with van der Waals surface area (Å²) >= 11 is 0. The van der Waals surface area contributed by atoms with Gasteiger partial charge in [0.25, 0.3) is 11.5 Å². The molecule has 208 valence electrons. The molecule has 0 radical (unpaired) electrons. The van der Waals surface area contributed by atoms with Gasteiger partial charge in [-0.15, -0.1) is 0 Å². The normalized spacial score (nSPS) is 23.5. The van der Waals surface area contributed by atoms with Crippen LogP contribution in [0.1, 0.15) is 59.9 Å². The summed E-state index contributed by atoms with van der Waals surface area (Å²) in [5.74, 6) is -3.39. The molecule has 3 amide bonds. The molecule has 1 saturated carbocycles. The predicted octanol–water partition coefficient (Wildman–Crippen LogP) is 1.04. The van der Waals surface area contributed by atoms with Gasteiger partial charge in [0.05, 0.1) is 6.10 Å². The summed E-state index contributed by atoms with van der Waals surface area (Å²) < 4.78 is 20.1. The largest absolute Gasteiger partial charge is 0.501 e. The topological polar surface area (TPSA) is 143 Å². The Kier molecular flexibility index (Phi) is 7.65. The first-order chi connectivity index (χ1) is 18.7. The van der Waals surface area contributed by atoms with E-state index in [0.717, 1.165) is 19.3 Å². The van der Waals surface area contributed by atoms with Crippen LogP contribution in [0.3, 0.4) is 0 Å². The van der Waals surface area contributed by atoms with E-state index in [1.165, 1.54) is 33.7 Å². The van der Waals surface area contributed by atoms with Crippen molar-refractivity contribution in [1.29, 1.82) is 0 Å². The maximum absolute atomic E-state index is 13.2. The number of aromatic hydroxyl groups is 1. The van der Waals surface area contributed by atoms with Crippen LogP contribution < -0.4 is 16.2 Å². The van der Waals surface area contributed by atoms with E-state index in [1.54, 1.807) is 7.05 Å². The lowest BCUT2D eigenvalue weighted by Crippen LogP contribution is -2.49. The fourth-order valence-electron chi connectivity index (χ4n) is 5.78. The van der Waals surface area contributed by atoms with Crippen molar-refractivity contribution in [2.24, 2.45) is 5.92 Å². The molecule has 2 bridgehead atoms. The van der Waals surface area contributed by atoms with E-state index in [-0.39, 0.29) is 18.6 Å². The summed E-state index contributed by atoms with van der Waals surface area (Å²) in [4.78, 5) is 57.5. The molecule has 11 nitrogen and oxygen atoms in total. The van der Waals surface area contributed by atoms with E-state index >= 15 is 0 Å². The Labute approximate surface area is 224 Å². The van der Waals surface area contributed by atoms with E-state index in [0.29, 0.717) is 43.9 Å². The second-order valence-corrected chi connectivity index (χ2v) is 10.6. The molecule has 1 aliphatic carbocycles. The van der Waals surface area contributed by atoms with Gasteiger partial charge in [0.1, 0.15) is 11.6 Å². The van der Waals surface area contributed by atoms with Crippen LogP contribution in [-0.4, -0.2) is 69.6 Å². The third-order valence-corrected chi connectivity index (χ3v) is 7.85. The van der Waals surface area contributed by atoms with E-state index in [1.807, 2.05) is 0 Å². The Morgan fingerprint density at radius 2 is 1.97 bits per heavy atom. The lowest BCUT2D eigenvalue weighted by Gasteiger charge is -2.32. The van der Waals surface area contributed by atoms with Crippen LogP contribution in [0.4, 0.5) is 4.39 Å². The maximum Gasteiger partial charge on any atom is 0.311 e. The van der Waals surface area contributed by atoms with Gasteiger partial charge >= 0.3 is 11.8 Å². The molecule has 39 heavy (non-hydrogen) atoms. The summed E-state index contributed by atoms with van der Waals surface area (Å²) in [5.41, 5.74) is -0.495. The maximum atomic E-state index is 13.2. The number of hydrogen-bond acceptors (Lipinski definition) is 7. The number of hydrogen-bond donors (Lipinski definition) is 3. The molecular weight excluding hydrogens is 509 g/mol. The van der Waals surface area contributed by atoms with Crippen molar-refractivity contribution in [2.75, 3.05) is 20.2 Å². The third-order valence-electron chi connectivity index (χ3n) is 7.85. The molecule has 0 spiro atoms. The van der Waals surface area contributed by atoms with Crippen LogP contribution in [0, 0.1) is 11.7 Å². The SMILES string of the molecule is CN(CC1CCCO1)C(=O)C(=O)NC1CC2CCC1c1nc(C(=O)NCc3ccc(F)cc3)c(O)c(=O)n1C2. The van der Waals surface area contributed by atoms with Crippen LogP contribution in [0.2, 0.25) is 0 Å². The number of carbonyl (C=O) groups is 3. The molecule has 3 N–H and O–H groups in total. The van der Waals surface area contributed by atoms with Gasteiger partial charge in [0.15, 0.2) is 5.69 Å². The van der Waals surface area contributed by atoms with Crippen molar-refractivity contribution < 1.29 is 28.6 Å². The molecule has 4 atom stereocenters. The molecular formula is C27H32FN5O6. The molecule has 1 saturated heterocycles. The minimum Gasteiger partial charge on any atom is -0.501 e. The van der Waals surface area contributed by atoms with Crippen LogP contribution in [-0.2, 0) is 27.4 Å². The number of halogens is 1. The molecule has 12 heteroatoms. The van der Waals surface area contributed by atoms with Crippen LogP contribution in [0.5, 0.6) is 5.75 Å². The monoisotopic (exact) mass is 541 g/mol. The third kappa shape index (κ3) is 5.65. The van der Waals surface area contributed by atoms with E-state index in [9.17, 15) is 28.7 Å². The highest BCUT2D eigenvalue weighted by molar-refractivity contribution is 6.35. The standard InChI is InChI=1S/C27H32FN5O6/c1-32(14-18-3-2-10-39-18)27(38)25(36)30-20-11-16-6-9-19(20)23-31-21(22(34)26(37)33(23)13-16)24(35)29-12-15-4-7-17(28)8-5-15/h4-5,7-8,16,18-20,34H,2-3,6,9-14H2,1H3,(H,29,35)(H,30,36). The average molecular weight is 542 g/mol. The second-order valence-electron chi connectivity index (χ2n) is 10.6. The molecule has 1 aromatic carbocycles. The highest BCUT2D eigenvalue weighted by atomic mass is 19.1. The first kappa shape index (κ1) is 26.8. The molecule has 4 unspecified atom stereocenters. The predicted molar refractivity (Wildman–Crippen MR) is 136 cm³/mol. The van der Waals surface area contributed by atoms with Crippen LogP contribution in [0.25, 0.3) is 0 Å². The van der Waals surface area contributed by atoms with E-state index in [4.69, 9.17) is 4.74 Å². The van der Waals surface area contributed by atoms with Crippen molar-refractivity contribution in [3.05, 3.63) is 57.5 Å². The van der Waals surface area contributed by atoms with Gasteiger partial charge in [-0.3, -0.25) is 23.7 Å². The summed E-state index contributed by atoms with van der Waals surface area (Å²) in [7, 11) is 1.57. The van der Waals surface area contributed by atoms with Gasteiger partial charge in [-0.1, -0.05) is 12.1 Å². The Morgan fingerprint density at radius 3 is 2.69 bits per heavy atom. The Hall–Kier alpha value is -3.80. The number of ether oxygens (including phenoxy) is 1. The zero-order valence-electron chi connectivity index (χ0n) is 21.7. The molecule has 4 heterocycles. The smallest absolute Gasteiger partial charge is 0.311 e. The highest BCUT2D eigenvalue weighted by Crippen LogP contribution is 2.40. The summed E-state index contributed by atoms with van der Waals surface area (Å²) in [6.07, 6.45) is 3.61. The van der Waals surface area contributed by atoms with Gasteiger partial charge in [-0.2, -0.15) is 0 Å². The quantitative estimate of drug-likeness (QED) is 0.464. The number of nitrogens with one attached hydrogen (secondary N) is 2. The van der Waals surface area contributed by atoms with Gasteiger partial charge in [-0.05, 0) is 55.7 Å². The minimum absolute atomic E-state index is 0.0320. The van der Waals surface area contributed by atoms with Crippen molar-refractivity contribution in [3.8, 4) is 5.75 Å². The summed E-state index contributed by atoms with van der Waals surface area (Å²) in [5, 5.41) is 16.0. The van der Waals surface area contributed by atoms with Gasteiger partial charge < -0.3 is 25.4 Å². The zero-order valence-corrected chi connectivity index (χ0v) is 21.7. The van der Waals surface area contributed by atoms with Gasteiger partial charge in [0, 0.05) is 45.2 Å². The molecule has 2 fully saturated rings. The Balaban J connectivity index is 1.33. The lowest BCUT2D eigenvalue weighted by atomic mass is 9.79. The van der Waals surface area contributed by atoms with Gasteiger partial charge in [0.2, 0.25) is 5.75 Å². The first-order valence-electron chi connectivity index (χ1n) is 13.2. The molecule has 3 aliphatic heterocycles. The van der Waals surface area contributed by atoms with Crippen LogP contribution >= 0.6 is 0 Å². The van der Waals surface area contributed by atoms with Crippen molar-refractivity contribution in [3.63, 3.8) is 0 Å². The molecule has 2 aromatic rings. The van der Waals surface area contributed by atoms with Crippen molar-refractivity contribution >= 4 is 17.7 Å². The summed E-state index contributed by atoms with van der Waals surface area (Å²) in [6, 6.07) is 5.10. The Bertz CT molecular complexity index is 1320.